The molecule has 1 aromatic rings. The second kappa shape index (κ2) is 8.06. The first-order valence-electron chi connectivity index (χ1n) is 5.74. The molecule has 0 saturated heterocycles. The Bertz CT molecular complexity index is 328. The summed E-state index contributed by atoms with van der Waals surface area (Å²) in [5.74, 6) is 0.829. The Hall–Kier alpha value is -1.10. The summed E-state index contributed by atoms with van der Waals surface area (Å²) in [4.78, 5) is 0. The van der Waals surface area contributed by atoms with Gasteiger partial charge in [0.15, 0.2) is 0 Å². The van der Waals surface area contributed by atoms with Gasteiger partial charge in [0.1, 0.15) is 5.75 Å². The molecule has 96 valence electrons. The van der Waals surface area contributed by atoms with Crippen molar-refractivity contribution in [2.24, 2.45) is 5.73 Å². The van der Waals surface area contributed by atoms with Crippen LogP contribution in [0.4, 0.5) is 0 Å². The van der Waals surface area contributed by atoms with Crippen molar-refractivity contribution in [1.29, 1.82) is 0 Å². The van der Waals surface area contributed by atoms with Crippen molar-refractivity contribution in [1.82, 2.24) is 0 Å². The van der Waals surface area contributed by atoms with E-state index in [1.165, 1.54) is 0 Å². The van der Waals surface area contributed by atoms with Gasteiger partial charge in [-0.25, -0.2) is 0 Å². The molecule has 0 heterocycles. The van der Waals surface area contributed by atoms with E-state index in [4.69, 9.17) is 19.9 Å². The lowest BCUT2D eigenvalue weighted by Crippen LogP contribution is -2.03. The van der Waals surface area contributed by atoms with Crippen molar-refractivity contribution in [2.75, 3.05) is 27.4 Å². The quantitative estimate of drug-likeness (QED) is 0.702. The normalized spacial score (nSPS) is 10.5. The van der Waals surface area contributed by atoms with E-state index in [1.807, 2.05) is 18.2 Å². The van der Waals surface area contributed by atoms with Crippen molar-refractivity contribution in [2.45, 2.75) is 19.6 Å². The highest BCUT2D eigenvalue weighted by Crippen LogP contribution is 2.19. The summed E-state index contributed by atoms with van der Waals surface area (Å²) >= 11 is 0. The molecule has 0 radical (unpaired) electrons. The maximum absolute atomic E-state index is 5.65. The molecule has 0 aromatic heterocycles. The third kappa shape index (κ3) is 4.73. The lowest BCUT2D eigenvalue weighted by Gasteiger charge is -2.09. The third-order valence-corrected chi connectivity index (χ3v) is 2.47. The van der Waals surface area contributed by atoms with Gasteiger partial charge in [0, 0.05) is 32.4 Å². The molecule has 0 spiro atoms. The molecular weight excluding hydrogens is 218 g/mol. The predicted octanol–water partition coefficient (Wildman–Crippen LogP) is 1.71. The van der Waals surface area contributed by atoms with Crippen molar-refractivity contribution < 1.29 is 14.2 Å². The van der Waals surface area contributed by atoms with Crippen LogP contribution in [-0.2, 0) is 22.6 Å². The third-order valence-electron chi connectivity index (χ3n) is 2.47. The average molecular weight is 239 g/mol. The predicted molar refractivity (Wildman–Crippen MR) is 67.0 cm³/mol. The summed E-state index contributed by atoms with van der Waals surface area (Å²) in [6, 6.07) is 5.94. The molecule has 0 aliphatic rings. The summed E-state index contributed by atoms with van der Waals surface area (Å²) in [7, 11) is 3.34. The topological polar surface area (TPSA) is 53.7 Å². The van der Waals surface area contributed by atoms with Gasteiger partial charge in [0.05, 0.1) is 13.7 Å². The van der Waals surface area contributed by atoms with Gasteiger partial charge < -0.3 is 19.9 Å². The minimum atomic E-state index is 0.473. The summed E-state index contributed by atoms with van der Waals surface area (Å²) in [5, 5.41) is 0. The Morgan fingerprint density at radius 1 is 1.18 bits per heavy atom. The Morgan fingerprint density at radius 3 is 2.65 bits per heavy atom. The highest BCUT2D eigenvalue weighted by Gasteiger charge is 2.02. The number of nitrogens with two attached hydrogens (primary N) is 1. The number of methoxy groups -OCH3 is 2. The molecule has 0 saturated carbocycles. The first-order valence-corrected chi connectivity index (χ1v) is 5.74. The van der Waals surface area contributed by atoms with Gasteiger partial charge in [0.25, 0.3) is 0 Å². The van der Waals surface area contributed by atoms with E-state index >= 15 is 0 Å². The Morgan fingerprint density at radius 2 is 2.00 bits per heavy atom. The SMILES string of the molecule is COCCCOCc1ccc(OC)c(CN)c1. The second-order valence-corrected chi connectivity index (χ2v) is 3.75. The zero-order valence-corrected chi connectivity index (χ0v) is 10.6. The van der Waals surface area contributed by atoms with Crippen LogP contribution in [0.25, 0.3) is 0 Å². The Balaban J connectivity index is 2.43. The van der Waals surface area contributed by atoms with Gasteiger partial charge in [-0.15, -0.1) is 0 Å². The first kappa shape index (κ1) is 14.0. The minimum Gasteiger partial charge on any atom is -0.496 e. The van der Waals surface area contributed by atoms with Gasteiger partial charge in [-0.05, 0) is 24.1 Å². The fourth-order valence-electron chi connectivity index (χ4n) is 1.58. The lowest BCUT2D eigenvalue weighted by atomic mass is 10.1. The first-order chi connectivity index (χ1) is 8.31. The molecule has 0 unspecified atom stereocenters. The second-order valence-electron chi connectivity index (χ2n) is 3.75. The van der Waals surface area contributed by atoms with Crippen LogP contribution >= 0.6 is 0 Å². The maximum Gasteiger partial charge on any atom is 0.123 e. The van der Waals surface area contributed by atoms with Gasteiger partial charge in [0.2, 0.25) is 0 Å². The van der Waals surface area contributed by atoms with Gasteiger partial charge in [-0.2, -0.15) is 0 Å². The monoisotopic (exact) mass is 239 g/mol. The van der Waals surface area contributed by atoms with Crippen LogP contribution < -0.4 is 10.5 Å². The van der Waals surface area contributed by atoms with Crippen LogP contribution in [-0.4, -0.2) is 27.4 Å². The zero-order valence-electron chi connectivity index (χ0n) is 10.6. The smallest absolute Gasteiger partial charge is 0.123 e. The Kier molecular flexibility index (Phi) is 6.62. The number of rotatable bonds is 8. The van der Waals surface area contributed by atoms with E-state index in [9.17, 15) is 0 Å². The fourth-order valence-corrected chi connectivity index (χ4v) is 1.58. The number of hydrogen-bond acceptors (Lipinski definition) is 4. The standard InChI is InChI=1S/C13H21NO3/c1-15-6-3-7-17-10-11-4-5-13(16-2)12(8-11)9-14/h4-5,8H,3,6-7,9-10,14H2,1-2H3. The number of benzene rings is 1. The van der Waals surface area contributed by atoms with Crippen molar-refractivity contribution in [3.63, 3.8) is 0 Å². The fraction of sp³-hybridized carbons (Fsp3) is 0.538. The summed E-state index contributed by atoms with van der Waals surface area (Å²) in [6.07, 6.45) is 0.913. The average Bonchev–Trinajstić information content (AvgIpc) is 2.38. The zero-order chi connectivity index (χ0) is 12.5. The van der Waals surface area contributed by atoms with Crippen LogP contribution in [0.2, 0.25) is 0 Å². The van der Waals surface area contributed by atoms with Crippen LogP contribution in [0.1, 0.15) is 17.5 Å². The molecule has 17 heavy (non-hydrogen) atoms. The summed E-state index contributed by atoms with van der Waals surface area (Å²) < 4.78 is 15.7. The molecule has 4 nitrogen and oxygen atoms in total. The largest absolute Gasteiger partial charge is 0.496 e. The van der Waals surface area contributed by atoms with E-state index in [0.717, 1.165) is 29.9 Å². The number of hydrogen-bond donors (Lipinski definition) is 1. The molecule has 0 amide bonds. The van der Waals surface area contributed by atoms with Gasteiger partial charge >= 0.3 is 0 Å². The van der Waals surface area contributed by atoms with E-state index in [1.54, 1.807) is 14.2 Å². The minimum absolute atomic E-state index is 0.473. The molecule has 0 bridgehead atoms. The molecule has 0 aliphatic carbocycles. The van der Waals surface area contributed by atoms with E-state index in [2.05, 4.69) is 0 Å². The van der Waals surface area contributed by atoms with E-state index in [-0.39, 0.29) is 0 Å². The summed E-state index contributed by atoms with van der Waals surface area (Å²) in [6.45, 7) is 2.51. The lowest BCUT2D eigenvalue weighted by molar-refractivity contribution is 0.0928. The molecule has 0 fully saturated rings. The van der Waals surface area contributed by atoms with Crippen LogP contribution in [0.15, 0.2) is 18.2 Å². The van der Waals surface area contributed by atoms with E-state index < -0.39 is 0 Å². The molecule has 0 atom stereocenters. The molecule has 1 aromatic carbocycles. The van der Waals surface area contributed by atoms with Crippen molar-refractivity contribution in [3.05, 3.63) is 29.3 Å². The molecule has 0 aliphatic heterocycles. The van der Waals surface area contributed by atoms with Crippen LogP contribution in [0.5, 0.6) is 5.75 Å². The van der Waals surface area contributed by atoms with Crippen molar-refractivity contribution >= 4 is 0 Å². The molecule has 2 N–H and O–H groups in total. The van der Waals surface area contributed by atoms with Crippen LogP contribution in [0.3, 0.4) is 0 Å². The summed E-state index contributed by atoms with van der Waals surface area (Å²) in [5.41, 5.74) is 7.77. The van der Waals surface area contributed by atoms with Crippen molar-refractivity contribution in [3.8, 4) is 5.75 Å². The van der Waals surface area contributed by atoms with Crippen LogP contribution in [0, 0.1) is 0 Å². The number of ether oxygens (including phenoxy) is 3. The molecular formula is C13H21NO3. The maximum atomic E-state index is 5.65. The van der Waals surface area contributed by atoms with E-state index in [0.29, 0.717) is 19.8 Å². The molecule has 4 heteroatoms. The highest BCUT2D eigenvalue weighted by molar-refractivity contribution is 5.36. The van der Waals surface area contributed by atoms with Gasteiger partial charge in [-0.3, -0.25) is 0 Å². The molecule has 1 rings (SSSR count). The Labute approximate surface area is 103 Å². The highest BCUT2D eigenvalue weighted by atomic mass is 16.5. The van der Waals surface area contributed by atoms with Gasteiger partial charge in [-0.1, -0.05) is 6.07 Å².